The van der Waals surface area contributed by atoms with Gasteiger partial charge in [0.25, 0.3) is 5.56 Å². The molecule has 1 N–H and O–H groups in total. The van der Waals surface area contributed by atoms with E-state index in [-0.39, 0.29) is 11.2 Å². The summed E-state index contributed by atoms with van der Waals surface area (Å²) >= 11 is 0. The fourth-order valence-corrected chi connectivity index (χ4v) is 1.67. The molecular weight excluding hydrogens is 206 g/mol. The molecular formula is C11H17N3O2. The van der Waals surface area contributed by atoms with Crippen molar-refractivity contribution in [2.24, 2.45) is 0 Å². The van der Waals surface area contributed by atoms with Crippen LogP contribution >= 0.6 is 0 Å². The molecule has 0 saturated heterocycles. The number of nitrogens with one attached hydrogen (secondary N) is 1. The predicted molar refractivity (Wildman–Crippen MR) is 61.7 cm³/mol. The average Bonchev–Trinajstić information content (AvgIpc) is 3.07. The molecule has 0 unspecified atom stereocenters. The molecule has 0 amide bonds. The van der Waals surface area contributed by atoms with Crippen LogP contribution in [0.5, 0.6) is 0 Å². The molecule has 0 spiro atoms. The highest BCUT2D eigenvalue weighted by molar-refractivity contribution is 4.87. The van der Waals surface area contributed by atoms with Crippen molar-refractivity contribution in [3.8, 4) is 0 Å². The van der Waals surface area contributed by atoms with Gasteiger partial charge in [-0.05, 0) is 19.8 Å². The number of rotatable bonds is 5. The normalized spacial score (nSPS) is 15.3. The first-order chi connectivity index (χ1) is 7.72. The fourth-order valence-electron chi connectivity index (χ4n) is 1.67. The molecule has 1 fully saturated rings. The summed E-state index contributed by atoms with van der Waals surface area (Å²) in [7, 11) is 0. The third-order valence-electron chi connectivity index (χ3n) is 2.83. The highest BCUT2D eigenvalue weighted by Gasteiger charge is 2.19. The summed E-state index contributed by atoms with van der Waals surface area (Å²) in [4.78, 5) is 23.3. The molecule has 88 valence electrons. The van der Waals surface area contributed by atoms with E-state index in [9.17, 15) is 9.59 Å². The van der Waals surface area contributed by atoms with Crippen molar-refractivity contribution in [3.05, 3.63) is 33.1 Å². The maximum Gasteiger partial charge on any atom is 0.330 e. The van der Waals surface area contributed by atoms with Gasteiger partial charge in [0, 0.05) is 37.9 Å². The van der Waals surface area contributed by atoms with Crippen LogP contribution in [0.25, 0.3) is 0 Å². The third-order valence-corrected chi connectivity index (χ3v) is 2.83. The van der Waals surface area contributed by atoms with Crippen molar-refractivity contribution < 1.29 is 0 Å². The Bertz CT molecular complexity index is 471. The van der Waals surface area contributed by atoms with E-state index in [4.69, 9.17) is 0 Å². The zero-order chi connectivity index (χ0) is 11.5. The SMILES string of the molecule is CCn1ccc(=O)n(CCNC2CC2)c1=O. The largest absolute Gasteiger partial charge is 0.330 e. The van der Waals surface area contributed by atoms with Crippen LogP contribution in [0, 0.1) is 0 Å². The Morgan fingerprint density at radius 3 is 2.81 bits per heavy atom. The van der Waals surface area contributed by atoms with Gasteiger partial charge in [-0.15, -0.1) is 0 Å². The maximum atomic E-state index is 11.8. The van der Waals surface area contributed by atoms with E-state index in [1.807, 2.05) is 6.92 Å². The second-order valence-corrected chi connectivity index (χ2v) is 4.10. The van der Waals surface area contributed by atoms with Gasteiger partial charge < -0.3 is 9.88 Å². The summed E-state index contributed by atoms with van der Waals surface area (Å²) in [6.45, 7) is 3.62. The Hall–Kier alpha value is -1.36. The van der Waals surface area contributed by atoms with Crippen LogP contribution in [0.2, 0.25) is 0 Å². The topological polar surface area (TPSA) is 56.0 Å². The summed E-state index contributed by atoms with van der Waals surface area (Å²) in [5.41, 5.74) is -0.431. The van der Waals surface area contributed by atoms with E-state index in [1.165, 1.54) is 23.5 Å². The van der Waals surface area contributed by atoms with E-state index >= 15 is 0 Å². The number of aromatic nitrogens is 2. The molecule has 1 aliphatic carbocycles. The Morgan fingerprint density at radius 2 is 2.19 bits per heavy atom. The lowest BCUT2D eigenvalue weighted by molar-refractivity contribution is 0.530. The van der Waals surface area contributed by atoms with Gasteiger partial charge in [0.1, 0.15) is 0 Å². The average molecular weight is 223 g/mol. The highest BCUT2D eigenvalue weighted by Crippen LogP contribution is 2.17. The first-order valence-corrected chi connectivity index (χ1v) is 5.76. The minimum absolute atomic E-state index is 0.215. The maximum absolute atomic E-state index is 11.8. The lowest BCUT2D eigenvalue weighted by atomic mass is 10.5. The first-order valence-electron chi connectivity index (χ1n) is 5.76. The smallest absolute Gasteiger partial charge is 0.312 e. The standard InChI is InChI=1S/C11H17N3O2/c1-2-13-7-5-10(15)14(11(13)16)8-6-12-9-3-4-9/h5,7,9,12H,2-4,6,8H2,1H3. The number of nitrogens with zero attached hydrogens (tertiary/aromatic N) is 2. The molecule has 0 aliphatic heterocycles. The molecule has 0 atom stereocenters. The molecule has 1 heterocycles. The van der Waals surface area contributed by atoms with Crippen molar-refractivity contribution in [1.82, 2.24) is 14.5 Å². The molecule has 0 bridgehead atoms. The Kier molecular flexibility index (Phi) is 3.24. The summed E-state index contributed by atoms with van der Waals surface area (Å²) in [5.74, 6) is 0. The minimum atomic E-state index is -0.215. The molecule has 16 heavy (non-hydrogen) atoms. The van der Waals surface area contributed by atoms with Crippen molar-refractivity contribution >= 4 is 0 Å². The second-order valence-electron chi connectivity index (χ2n) is 4.10. The zero-order valence-electron chi connectivity index (χ0n) is 9.48. The Labute approximate surface area is 93.7 Å². The van der Waals surface area contributed by atoms with E-state index in [2.05, 4.69) is 5.32 Å². The summed E-state index contributed by atoms with van der Waals surface area (Å²) in [6.07, 6.45) is 3.97. The van der Waals surface area contributed by atoms with Crippen LogP contribution in [0.1, 0.15) is 19.8 Å². The summed E-state index contributed by atoms with van der Waals surface area (Å²) < 4.78 is 2.83. The summed E-state index contributed by atoms with van der Waals surface area (Å²) in [6, 6.07) is 2.05. The third kappa shape index (κ3) is 2.41. The number of hydrogen-bond donors (Lipinski definition) is 1. The molecule has 1 aromatic heterocycles. The van der Waals surface area contributed by atoms with E-state index in [0.717, 1.165) is 0 Å². The zero-order valence-corrected chi connectivity index (χ0v) is 9.48. The van der Waals surface area contributed by atoms with Crippen molar-refractivity contribution in [2.75, 3.05) is 6.54 Å². The number of hydrogen-bond acceptors (Lipinski definition) is 3. The first kappa shape index (κ1) is 11.1. The molecule has 1 saturated carbocycles. The van der Waals surface area contributed by atoms with E-state index in [0.29, 0.717) is 25.7 Å². The summed E-state index contributed by atoms with van der Waals surface area (Å²) in [5, 5.41) is 3.29. The van der Waals surface area contributed by atoms with Gasteiger partial charge in [-0.2, -0.15) is 0 Å². The van der Waals surface area contributed by atoms with Gasteiger partial charge in [-0.25, -0.2) is 4.79 Å². The van der Waals surface area contributed by atoms with E-state index in [1.54, 1.807) is 10.8 Å². The monoisotopic (exact) mass is 223 g/mol. The van der Waals surface area contributed by atoms with Gasteiger partial charge in [-0.1, -0.05) is 0 Å². The van der Waals surface area contributed by atoms with Crippen LogP contribution in [0.3, 0.4) is 0 Å². The van der Waals surface area contributed by atoms with Crippen LogP contribution < -0.4 is 16.6 Å². The Morgan fingerprint density at radius 1 is 1.44 bits per heavy atom. The number of aryl methyl sites for hydroxylation is 1. The molecule has 1 aliphatic rings. The predicted octanol–water partition coefficient (Wildman–Crippen LogP) is -0.218. The molecule has 0 radical (unpaired) electrons. The van der Waals surface area contributed by atoms with Crippen LogP contribution in [-0.4, -0.2) is 21.7 Å². The fraction of sp³-hybridized carbons (Fsp3) is 0.636. The lowest BCUT2D eigenvalue weighted by Gasteiger charge is -2.08. The lowest BCUT2D eigenvalue weighted by Crippen LogP contribution is -2.41. The van der Waals surface area contributed by atoms with Crippen LogP contribution in [0.4, 0.5) is 0 Å². The van der Waals surface area contributed by atoms with E-state index < -0.39 is 0 Å². The molecule has 0 aromatic carbocycles. The molecule has 5 heteroatoms. The van der Waals surface area contributed by atoms with Gasteiger partial charge >= 0.3 is 5.69 Å². The minimum Gasteiger partial charge on any atom is -0.312 e. The Balaban J connectivity index is 2.11. The second kappa shape index (κ2) is 4.65. The highest BCUT2D eigenvalue weighted by atomic mass is 16.2. The van der Waals surface area contributed by atoms with Crippen molar-refractivity contribution in [2.45, 2.75) is 38.9 Å². The van der Waals surface area contributed by atoms with Crippen LogP contribution in [-0.2, 0) is 13.1 Å². The van der Waals surface area contributed by atoms with Crippen molar-refractivity contribution in [3.63, 3.8) is 0 Å². The van der Waals surface area contributed by atoms with Gasteiger partial charge in [0.2, 0.25) is 0 Å². The molecule has 5 nitrogen and oxygen atoms in total. The van der Waals surface area contributed by atoms with Gasteiger partial charge in [0.05, 0.1) is 0 Å². The molecule has 1 aromatic rings. The van der Waals surface area contributed by atoms with Gasteiger partial charge in [0.15, 0.2) is 0 Å². The quantitative estimate of drug-likeness (QED) is 0.751. The van der Waals surface area contributed by atoms with Crippen molar-refractivity contribution in [1.29, 1.82) is 0 Å². The van der Waals surface area contributed by atoms with Gasteiger partial charge in [-0.3, -0.25) is 9.36 Å². The van der Waals surface area contributed by atoms with Crippen LogP contribution in [0.15, 0.2) is 21.9 Å². The molecule has 2 rings (SSSR count).